The van der Waals surface area contributed by atoms with Crippen molar-refractivity contribution in [3.8, 4) is 28.3 Å². The zero-order chi connectivity index (χ0) is 19.8. The molecule has 2 saturated heterocycles. The Bertz CT molecular complexity index is 1050. The van der Waals surface area contributed by atoms with E-state index in [0.717, 1.165) is 17.0 Å². The van der Waals surface area contributed by atoms with Gasteiger partial charge in [0.25, 0.3) is 0 Å². The number of fused-ring (bicyclic) bond motifs is 1. The van der Waals surface area contributed by atoms with E-state index in [-0.39, 0.29) is 0 Å². The lowest BCUT2D eigenvalue weighted by atomic mass is 9.99. The van der Waals surface area contributed by atoms with Crippen molar-refractivity contribution in [2.75, 3.05) is 31.6 Å². The Labute approximate surface area is 172 Å². The second kappa shape index (κ2) is 7.39. The summed E-state index contributed by atoms with van der Waals surface area (Å²) in [5.41, 5.74) is 6.72. The van der Waals surface area contributed by atoms with Crippen LogP contribution in [0, 0.1) is 17.2 Å². The molecule has 2 aliphatic heterocycles. The summed E-state index contributed by atoms with van der Waals surface area (Å²) in [7, 11) is 2.24. The molecule has 2 aliphatic rings. The number of rotatable bonds is 3. The molecule has 3 aromatic carbocycles. The largest absolute Gasteiger partial charge is 0.367 e. The standard InChI is InChI=1S/C26H25N3/c1-28-17-24-13-14-29(26(24)18-28)25-11-9-21(10-12-25)20-5-7-22(8-6-20)23-4-2-3-19(15-23)16-27/h2-12,15,24,26H,13-14,17-18H2,1H3/t24-,26+/m1/s1. The van der Waals surface area contributed by atoms with Crippen LogP contribution >= 0.6 is 0 Å². The van der Waals surface area contributed by atoms with E-state index >= 15 is 0 Å². The van der Waals surface area contributed by atoms with Gasteiger partial charge >= 0.3 is 0 Å². The topological polar surface area (TPSA) is 30.3 Å². The monoisotopic (exact) mass is 379 g/mol. The molecule has 5 rings (SSSR count). The third kappa shape index (κ3) is 3.41. The molecule has 144 valence electrons. The first kappa shape index (κ1) is 18.0. The molecule has 3 nitrogen and oxygen atoms in total. The van der Waals surface area contributed by atoms with E-state index in [1.54, 1.807) is 0 Å². The predicted molar refractivity (Wildman–Crippen MR) is 119 cm³/mol. The van der Waals surface area contributed by atoms with Crippen molar-refractivity contribution in [2.24, 2.45) is 5.92 Å². The average molecular weight is 380 g/mol. The van der Waals surface area contributed by atoms with Crippen LogP contribution in [0.4, 0.5) is 5.69 Å². The molecule has 0 spiro atoms. The maximum atomic E-state index is 9.11. The van der Waals surface area contributed by atoms with E-state index in [9.17, 15) is 0 Å². The summed E-state index contributed by atoms with van der Waals surface area (Å²) in [5, 5.41) is 9.11. The van der Waals surface area contributed by atoms with Crippen molar-refractivity contribution in [2.45, 2.75) is 12.5 Å². The van der Waals surface area contributed by atoms with Gasteiger partial charge < -0.3 is 9.80 Å². The number of nitriles is 1. The molecule has 2 fully saturated rings. The van der Waals surface area contributed by atoms with E-state index in [1.807, 2.05) is 18.2 Å². The number of benzene rings is 3. The number of anilines is 1. The molecule has 2 heterocycles. The molecule has 29 heavy (non-hydrogen) atoms. The maximum Gasteiger partial charge on any atom is 0.0991 e. The average Bonchev–Trinajstić information content (AvgIpc) is 3.33. The van der Waals surface area contributed by atoms with Gasteiger partial charge in [0.05, 0.1) is 11.6 Å². The van der Waals surface area contributed by atoms with Crippen molar-refractivity contribution >= 4 is 5.69 Å². The molecule has 3 aromatic rings. The summed E-state index contributed by atoms with van der Waals surface area (Å²) in [6.45, 7) is 3.60. The zero-order valence-electron chi connectivity index (χ0n) is 16.8. The van der Waals surface area contributed by atoms with Gasteiger partial charge in [-0.05, 0) is 65.9 Å². The lowest BCUT2D eigenvalue weighted by Crippen LogP contribution is -2.34. The van der Waals surface area contributed by atoms with E-state index in [2.05, 4.69) is 77.5 Å². The number of hydrogen-bond donors (Lipinski definition) is 0. The van der Waals surface area contributed by atoms with Crippen LogP contribution in [0.3, 0.4) is 0 Å². The third-order valence-corrected chi connectivity index (χ3v) is 6.47. The van der Waals surface area contributed by atoms with Gasteiger partial charge in [0.2, 0.25) is 0 Å². The molecular weight excluding hydrogens is 354 g/mol. The molecule has 0 aliphatic carbocycles. The van der Waals surface area contributed by atoms with Crippen LogP contribution in [0.25, 0.3) is 22.3 Å². The van der Waals surface area contributed by atoms with E-state index in [0.29, 0.717) is 11.6 Å². The van der Waals surface area contributed by atoms with Crippen molar-refractivity contribution < 1.29 is 0 Å². The van der Waals surface area contributed by atoms with Crippen molar-refractivity contribution in [3.05, 3.63) is 78.4 Å². The van der Waals surface area contributed by atoms with Gasteiger partial charge in [-0.25, -0.2) is 0 Å². The van der Waals surface area contributed by atoms with Crippen LogP contribution in [-0.2, 0) is 0 Å². The van der Waals surface area contributed by atoms with Crippen LogP contribution in [-0.4, -0.2) is 37.6 Å². The van der Waals surface area contributed by atoms with Gasteiger partial charge in [-0.15, -0.1) is 0 Å². The van der Waals surface area contributed by atoms with Crippen LogP contribution in [0.1, 0.15) is 12.0 Å². The van der Waals surface area contributed by atoms with Gasteiger partial charge in [0, 0.05) is 31.4 Å². The minimum atomic E-state index is 0.675. The SMILES string of the molecule is CN1C[C@H]2CCN(c3ccc(-c4ccc(-c5cccc(C#N)c5)cc4)cc3)[C@H]2C1. The molecule has 0 aromatic heterocycles. The van der Waals surface area contributed by atoms with Gasteiger partial charge in [-0.3, -0.25) is 0 Å². The van der Waals surface area contributed by atoms with Crippen LogP contribution in [0.5, 0.6) is 0 Å². The lowest BCUT2D eigenvalue weighted by molar-refractivity contribution is 0.386. The summed E-state index contributed by atoms with van der Waals surface area (Å²) in [5.74, 6) is 0.826. The first-order chi connectivity index (χ1) is 14.2. The molecule has 2 atom stereocenters. The Morgan fingerprint density at radius 2 is 1.48 bits per heavy atom. The Balaban J connectivity index is 1.34. The Kier molecular flexibility index (Phi) is 4.58. The summed E-state index contributed by atoms with van der Waals surface area (Å²) >= 11 is 0. The number of hydrogen-bond acceptors (Lipinski definition) is 3. The summed E-state index contributed by atoms with van der Waals surface area (Å²) < 4.78 is 0. The van der Waals surface area contributed by atoms with E-state index in [1.165, 1.54) is 42.9 Å². The Morgan fingerprint density at radius 3 is 2.17 bits per heavy atom. The molecule has 3 heteroatoms. The van der Waals surface area contributed by atoms with E-state index in [4.69, 9.17) is 5.26 Å². The fourth-order valence-electron chi connectivity index (χ4n) is 4.96. The van der Waals surface area contributed by atoms with Crippen molar-refractivity contribution in [3.63, 3.8) is 0 Å². The molecule has 0 unspecified atom stereocenters. The number of likely N-dealkylation sites (tertiary alicyclic amines) is 1. The highest BCUT2D eigenvalue weighted by Gasteiger charge is 2.39. The minimum Gasteiger partial charge on any atom is -0.367 e. The molecule has 0 saturated carbocycles. The summed E-state index contributed by atoms with van der Waals surface area (Å²) in [4.78, 5) is 5.06. The van der Waals surface area contributed by atoms with Crippen LogP contribution in [0.2, 0.25) is 0 Å². The van der Waals surface area contributed by atoms with Gasteiger partial charge in [0.1, 0.15) is 0 Å². The highest BCUT2D eigenvalue weighted by Crippen LogP contribution is 2.35. The highest BCUT2D eigenvalue weighted by atomic mass is 15.3. The van der Waals surface area contributed by atoms with Gasteiger partial charge in [0.15, 0.2) is 0 Å². The number of nitrogens with zero attached hydrogens (tertiary/aromatic N) is 3. The van der Waals surface area contributed by atoms with Gasteiger partial charge in [-0.1, -0.05) is 48.5 Å². The fourth-order valence-corrected chi connectivity index (χ4v) is 4.96. The second-order valence-electron chi connectivity index (χ2n) is 8.35. The molecule has 0 N–H and O–H groups in total. The molecule has 0 radical (unpaired) electrons. The zero-order valence-corrected chi connectivity index (χ0v) is 16.8. The van der Waals surface area contributed by atoms with Crippen molar-refractivity contribution in [1.29, 1.82) is 5.26 Å². The summed E-state index contributed by atoms with van der Waals surface area (Å²) in [6, 6.07) is 28.3. The van der Waals surface area contributed by atoms with Crippen LogP contribution < -0.4 is 4.90 Å². The Hall–Kier alpha value is -3.09. The maximum absolute atomic E-state index is 9.11. The Morgan fingerprint density at radius 1 is 0.828 bits per heavy atom. The highest BCUT2D eigenvalue weighted by molar-refractivity contribution is 5.72. The molecular formula is C26H25N3. The first-order valence-electron chi connectivity index (χ1n) is 10.4. The van der Waals surface area contributed by atoms with Crippen LogP contribution in [0.15, 0.2) is 72.8 Å². The minimum absolute atomic E-state index is 0.675. The number of likely N-dealkylation sites (N-methyl/N-ethyl adjacent to an activating group) is 1. The lowest BCUT2D eigenvalue weighted by Gasteiger charge is -2.26. The third-order valence-electron chi connectivity index (χ3n) is 6.47. The smallest absolute Gasteiger partial charge is 0.0991 e. The molecule has 0 bridgehead atoms. The summed E-state index contributed by atoms with van der Waals surface area (Å²) in [6.07, 6.45) is 1.31. The van der Waals surface area contributed by atoms with Gasteiger partial charge in [-0.2, -0.15) is 5.26 Å². The van der Waals surface area contributed by atoms with E-state index < -0.39 is 0 Å². The quantitative estimate of drug-likeness (QED) is 0.639. The molecule has 0 amide bonds. The predicted octanol–water partition coefficient (Wildman–Crippen LogP) is 5.03. The normalized spacial score (nSPS) is 21.2. The fraction of sp³-hybridized carbons (Fsp3) is 0.269. The second-order valence-corrected chi connectivity index (χ2v) is 8.35. The van der Waals surface area contributed by atoms with Crippen molar-refractivity contribution in [1.82, 2.24) is 4.90 Å². The first-order valence-corrected chi connectivity index (χ1v) is 10.4.